The van der Waals surface area contributed by atoms with Crippen molar-refractivity contribution in [3.05, 3.63) is 23.8 Å². The van der Waals surface area contributed by atoms with Gasteiger partial charge in [0, 0.05) is 10.9 Å². The topological polar surface area (TPSA) is 56.9 Å². The number of hydrogen-bond acceptors (Lipinski definition) is 3. The van der Waals surface area contributed by atoms with Gasteiger partial charge >= 0.3 is 0 Å². The number of rotatable bonds is 0. The Morgan fingerprint density at radius 3 is 3.00 bits per heavy atom. The molecule has 0 bridgehead atoms. The van der Waals surface area contributed by atoms with Gasteiger partial charge in [-0.25, -0.2) is 0 Å². The molecule has 0 atom stereocenters. The molecule has 1 aromatic heterocycles. The van der Waals surface area contributed by atoms with Gasteiger partial charge in [-0.3, -0.25) is 4.79 Å². The molecule has 0 aliphatic carbocycles. The summed E-state index contributed by atoms with van der Waals surface area (Å²) in [5, 5.41) is 7.57. The van der Waals surface area contributed by atoms with Crippen molar-refractivity contribution in [2.24, 2.45) is 0 Å². The third-order valence-electron chi connectivity index (χ3n) is 2.56. The molecule has 1 aliphatic rings. The number of nitrogens with one attached hydrogen (secondary N) is 3. The molecule has 0 spiro atoms. The molecule has 0 unspecified atom stereocenters. The molecule has 0 fully saturated rings. The molecule has 3 rings (SSSR count). The maximum Gasteiger partial charge on any atom is 0.253 e. The Labute approximate surface area is 91.5 Å². The van der Waals surface area contributed by atoms with Crippen LogP contribution < -0.4 is 10.6 Å². The van der Waals surface area contributed by atoms with E-state index in [1.807, 2.05) is 18.2 Å². The van der Waals surface area contributed by atoms with E-state index >= 15 is 0 Å². The molecule has 1 aromatic carbocycles. The lowest BCUT2D eigenvalue weighted by atomic mass is 10.1. The Morgan fingerprint density at radius 1 is 1.27 bits per heavy atom. The monoisotopic (exact) mass is 219 g/mol. The zero-order valence-corrected chi connectivity index (χ0v) is 8.69. The van der Waals surface area contributed by atoms with Crippen LogP contribution >= 0.6 is 12.6 Å². The number of aromatic amines is 1. The van der Waals surface area contributed by atoms with Crippen LogP contribution in [-0.2, 0) is 0 Å². The normalized spacial score (nSPS) is 14.6. The number of thiol groups is 1. The van der Waals surface area contributed by atoms with Gasteiger partial charge in [-0.05, 0) is 12.1 Å². The van der Waals surface area contributed by atoms with Crippen LogP contribution in [0.1, 0.15) is 10.4 Å². The highest BCUT2D eigenvalue weighted by Gasteiger charge is 2.19. The van der Waals surface area contributed by atoms with Crippen LogP contribution in [0.2, 0.25) is 0 Å². The fourth-order valence-corrected chi connectivity index (χ4v) is 2.22. The fourth-order valence-electron chi connectivity index (χ4n) is 1.90. The van der Waals surface area contributed by atoms with E-state index in [9.17, 15) is 4.79 Å². The summed E-state index contributed by atoms with van der Waals surface area (Å²) >= 11 is 4.34. The molecule has 5 heteroatoms. The van der Waals surface area contributed by atoms with Gasteiger partial charge in [-0.1, -0.05) is 6.07 Å². The third-order valence-corrected chi connectivity index (χ3v) is 2.90. The molecule has 2 heterocycles. The van der Waals surface area contributed by atoms with E-state index in [0.29, 0.717) is 12.2 Å². The van der Waals surface area contributed by atoms with Crippen molar-refractivity contribution in [3.63, 3.8) is 0 Å². The Morgan fingerprint density at radius 2 is 2.13 bits per heavy atom. The maximum absolute atomic E-state index is 11.7. The second-order valence-electron chi connectivity index (χ2n) is 3.44. The van der Waals surface area contributed by atoms with Gasteiger partial charge in [0.1, 0.15) is 0 Å². The lowest BCUT2D eigenvalue weighted by molar-refractivity contribution is 0.0959. The molecule has 15 heavy (non-hydrogen) atoms. The van der Waals surface area contributed by atoms with Crippen LogP contribution in [0.25, 0.3) is 10.9 Å². The summed E-state index contributed by atoms with van der Waals surface area (Å²) in [5.41, 5.74) is 2.50. The van der Waals surface area contributed by atoms with Gasteiger partial charge in [-0.15, -0.1) is 12.6 Å². The first-order valence-corrected chi connectivity index (χ1v) is 5.08. The molecule has 0 saturated heterocycles. The predicted octanol–water partition coefficient (Wildman–Crippen LogP) is 1.57. The molecule has 0 radical (unpaired) electrons. The molecule has 1 amide bonds. The number of hydrogen-bond donors (Lipinski definition) is 4. The first-order valence-electron chi connectivity index (χ1n) is 4.63. The highest BCUT2D eigenvalue weighted by molar-refractivity contribution is 7.80. The highest BCUT2D eigenvalue weighted by Crippen LogP contribution is 2.33. The van der Waals surface area contributed by atoms with E-state index < -0.39 is 0 Å². The minimum atomic E-state index is -0.0563. The SMILES string of the molecule is O=C1NCNc2c(S)[nH]c3cccc1c23. The van der Waals surface area contributed by atoms with Crippen LogP contribution in [0.4, 0.5) is 5.69 Å². The Bertz CT molecular complexity index is 561. The summed E-state index contributed by atoms with van der Waals surface area (Å²) < 4.78 is 0. The quantitative estimate of drug-likeness (QED) is 0.508. The van der Waals surface area contributed by atoms with Gasteiger partial charge < -0.3 is 15.6 Å². The summed E-state index contributed by atoms with van der Waals surface area (Å²) in [5.74, 6) is -0.0563. The zero-order chi connectivity index (χ0) is 10.4. The van der Waals surface area contributed by atoms with Crippen molar-refractivity contribution in [1.29, 1.82) is 0 Å². The lowest BCUT2D eigenvalue weighted by Crippen LogP contribution is -2.26. The van der Waals surface area contributed by atoms with Crippen LogP contribution in [0.3, 0.4) is 0 Å². The number of aromatic nitrogens is 1. The minimum Gasteiger partial charge on any atom is -0.365 e. The van der Waals surface area contributed by atoms with Crippen LogP contribution in [-0.4, -0.2) is 17.6 Å². The molecular formula is C10H9N3OS. The standard InChI is InChI=1S/C10H9N3OS/c14-9-5-2-1-3-6-7(5)8(10(15)13-6)11-4-12-9/h1-3,11,13,15H,4H2,(H,12,14). The average molecular weight is 219 g/mol. The molecule has 0 saturated carbocycles. The van der Waals surface area contributed by atoms with Crippen molar-refractivity contribution >= 4 is 35.1 Å². The van der Waals surface area contributed by atoms with Crippen molar-refractivity contribution < 1.29 is 4.79 Å². The zero-order valence-electron chi connectivity index (χ0n) is 7.79. The second-order valence-corrected chi connectivity index (χ2v) is 3.88. The van der Waals surface area contributed by atoms with E-state index in [1.54, 1.807) is 0 Å². The fraction of sp³-hybridized carbons (Fsp3) is 0.100. The Kier molecular flexibility index (Phi) is 1.70. The lowest BCUT2D eigenvalue weighted by Gasteiger charge is -2.01. The van der Waals surface area contributed by atoms with Crippen LogP contribution in [0.5, 0.6) is 0 Å². The summed E-state index contributed by atoms with van der Waals surface area (Å²) in [6.07, 6.45) is 0. The maximum atomic E-state index is 11.7. The number of H-pyrrole nitrogens is 1. The molecule has 1 aliphatic heterocycles. The summed E-state index contributed by atoms with van der Waals surface area (Å²) in [6, 6.07) is 5.60. The van der Waals surface area contributed by atoms with Crippen molar-refractivity contribution in [3.8, 4) is 0 Å². The smallest absolute Gasteiger partial charge is 0.253 e. The molecular weight excluding hydrogens is 210 g/mol. The molecule has 4 nitrogen and oxygen atoms in total. The van der Waals surface area contributed by atoms with Gasteiger partial charge in [0.05, 0.1) is 22.9 Å². The summed E-state index contributed by atoms with van der Waals surface area (Å²) in [7, 11) is 0. The average Bonchev–Trinajstić information content (AvgIpc) is 2.43. The Balaban J connectivity index is 2.47. The van der Waals surface area contributed by atoms with E-state index in [-0.39, 0.29) is 5.91 Å². The van der Waals surface area contributed by atoms with Gasteiger partial charge in [-0.2, -0.15) is 0 Å². The predicted molar refractivity (Wildman–Crippen MR) is 61.5 cm³/mol. The van der Waals surface area contributed by atoms with Gasteiger partial charge in [0.2, 0.25) is 0 Å². The number of anilines is 1. The first kappa shape index (κ1) is 8.67. The number of amides is 1. The summed E-state index contributed by atoms with van der Waals surface area (Å²) in [6.45, 7) is 0.425. The molecule has 76 valence electrons. The third kappa shape index (κ3) is 1.13. The molecule has 2 aromatic rings. The van der Waals surface area contributed by atoms with E-state index in [4.69, 9.17) is 0 Å². The van der Waals surface area contributed by atoms with Crippen molar-refractivity contribution in [1.82, 2.24) is 10.3 Å². The minimum absolute atomic E-state index is 0.0563. The number of carbonyl (C=O) groups excluding carboxylic acids is 1. The van der Waals surface area contributed by atoms with Crippen LogP contribution in [0.15, 0.2) is 23.2 Å². The molecule has 3 N–H and O–H groups in total. The largest absolute Gasteiger partial charge is 0.365 e. The van der Waals surface area contributed by atoms with Crippen molar-refractivity contribution in [2.75, 3.05) is 12.0 Å². The first-order chi connectivity index (χ1) is 7.27. The van der Waals surface area contributed by atoms with Gasteiger partial charge in [0.15, 0.2) is 0 Å². The van der Waals surface area contributed by atoms with Crippen molar-refractivity contribution in [2.45, 2.75) is 5.03 Å². The van der Waals surface area contributed by atoms with E-state index in [0.717, 1.165) is 21.6 Å². The van der Waals surface area contributed by atoms with E-state index in [1.165, 1.54) is 0 Å². The van der Waals surface area contributed by atoms with E-state index in [2.05, 4.69) is 28.2 Å². The number of benzene rings is 1. The van der Waals surface area contributed by atoms with Crippen LogP contribution in [0, 0.1) is 0 Å². The highest BCUT2D eigenvalue weighted by atomic mass is 32.1. The summed E-state index contributed by atoms with van der Waals surface area (Å²) in [4.78, 5) is 14.8. The Hall–Kier alpha value is -1.62. The number of carbonyl (C=O) groups is 1. The second kappa shape index (κ2) is 2.93. The van der Waals surface area contributed by atoms with Gasteiger partial charge in [0.25, 0.3) is 5.91 Å².